The van der Waals surface area contributed by atoms with Crippen LogP contribution < -0.4 is 5.32 Å². The summed E-state index contributed by atoms with van der Waals surface area (Å²) in [6.45, 7) is 2.73. The van der Waals surface area contributed by atoms with Gasteiger partial charge in [-0.25, -0.2) is 0 Å². The van der Waals surface area contributed by atoms with Gasteiger partial charge in [-0.1, -0.05) is 25.1 Å². The Bertz CT molecular complexity index is 581. The summed E-state index contributed by atoms with van der Waals surface area (Å²) < 4.78 is 0. The molecule has 2 rings (SSSR count). The smallest absolute Gasteiger partial charge is 0.303 e. The molecule has 2 aromatic rings. The summed E-state index contributed by atoms with van der Waals surface area (Å²) in [5, 5.41) is 13.0. The second kappa shape index (κ2) is 6.18. The molecule has 0 atom stereocenters. The van der Waals surface area contributed by atoms with E-state index in [-0.39, 0.29) is 6.42 Å². The number of hydrogen-bond donors (Lipinski definition) is 2. The molecule has 2 N–H and O–H groups in total. The Hall–Kier alpha value is -2.10. The molecular weight excluding hydrogens is 240 g/mol. The Morgan fingerprint density at radius 1 is 1.37 bits per heavy atom. The molecule has 100 valence electrons. The minimum Gasteiger partial charge on any atom is -0.481 e. The number of carboxylic acid groups (broad SMARTS) is 1. The maximum atomic E-state index is 10.5. The highest BCUT2D eigenvalue weighted by molar-refractivity contribution is 5.91. The lowest BCUT2D eigenvalue weighted by molar-refractivity contribution is -0.137. The van der Waals surface area contributed by atoms with Crippen LogP contribution in [0.25, 0.3) is 10.9 Å². The Balaban J connectivity index is 2.18. The van der Waals surface area contributed by atoms with Crippen molar-refractivity contribution in [1.82, 2.24) is 4.98 Å². The third kappa shape index (κ3) is 3.44. The zero-order valence-corrected chi connectivity index (χ0v) is 11.0. The number of aryl methyl sites for hydroxylation is 1. The van der Waals surface area contributed by atoms with E-state index in [1.165, 1.54) is 0 Å². The molecule has 0 saturated carbocycles. The van der Waals surface area contributed by atoms with Crippen LogP contribution in [-0.2, 0) is 11.2 Å². The Morgan fingerprint density at radius 2 is 2.16 bits per heavy atom. The Labute approximate surface area is 112 Å². The van der Waals surface area contributed by atoms with Gasteiger partial charge in [-0.2, -0.15) is 0 Å². The van der Waals surface area contributed by atoms with Gasteiger partial charge in [0.15, 0.2) is 0 Å². The number of hydrogen-bond acceptors (Lipinski definition) is 3. The van der Waals surface area contributed by atoms with Crippen molar-refractivity contribution in [2.24, 2.45) is 0 Å². The van der Waals surface area contributed by atoms with Crippen molar-refractivity contribution in [3.63, 3.8) is 0 Å². The number of nitrogens with one attached hydrogen (secondary N) is 1. The number of aromatic nitrogens is 1. The van der Waals surface area contributed by atoms with E-state index in [2.05, 4.69) is 17.2 Å². The van der Waals surface area contributed by atoms with Gasteiger partial charge in [0.05, 0.1) is 5.52 Å². The highest BCUT2D eigenvalue weighted by atomic mass is 16.4. The molecule has 4 nitrogen and oxygen atoms in total. The third-order valence-corrected chi connectivity index (χ3v) is 3.01. The van der Waals surface area contributed by atoms with E-state index in [0.29, 0.717) is 13.0 Å². The van der Waals surface area contributed by atoms with Crippen molar-refractivity contribution in [3.8, 4) is 0 Å². The minimum atomic E-state index is -0.754. The van der Waals surface area contributed by atoms with Crippen LogP contribution in [0.4, 0.5) is 5.69 Å². The summed E-state index contributed by atoms with van der Waals surface area (Å²) in [5.74, 6) is -0.754. The van der Waals surface area contributed by atoms with E-state index < -0.39 is 5.97 Å². The lowest BCUT2D eigenvalue weighted by Gasteiger charge is -2.11. The van der Waals surface area contributed by atoms with E-state index in [0.717, 1.165) is 28.7 Å². The highest BCUT2D eigenvalue weighted by Crippen LogP contribution is 2.23. The van der Waals surface area contributed by atoms with Crippen molar-refractivity contribution in [3.05, 3.63) is 36.0 Å². The van der Waals surface area contributed by atoms with Crippen LogP contribution in [0.2, 0.25) is 0 Å². The standard InChI is InChI=1S/C15H18N2O2/c1-2-11-10-14(16-9-5-8-15(18)19)12-6-3-4-7-13(12)17-11/h3-4,6-7,10H,2,5,8-9H2,1H3,(H,16,17)(H,18,19). The number of anilines is 1. The highest BCUT2D eigenvalue weighted by Gasteiger charge is 2.04. The lowest BCUT2D eigenvalue weighted by atomic mass is 10.1. The molecule has 0 fully saturated rings. The second-order valence-corrected chi connectivity index (χ2v) is 4.46. The number of rotatable bonds is 6. The van der Waals surface area contributed by atoms with Crippen LogP contribution in [0, 0.1) is 0 Å². The third-order valence-electron chi connectivity index (χ3n) is 3.01. The Kier molecular flexibility index (Phi) is 4.34. The first-order chi connectivity index (χ1) is 9.20. The Morgan fingerprint density at radius 3 is 2.89 bits per heavy atom. The average Bonchev–Trinajstić information content (AvgIpc) is 2.42. The minimum absolute atomic E-state index is 0.191. The van der Waals surface area contributed by atoms with E-state index in [4.69, 9.17) is 5.11 Å². The quantitative estimate of drug-likeness (QED) is 0.782. The molecule has 0 radical (unpaired) electrons. The number of pyridine rings is 1. The first-order valence-corrected chi connectivity index (χ1v) is 6.55. The van der Waals surface area contributed by atoms with Crippen molar-refractivity contribution in [2.45, 2.75) is 26.2 Å². The van der Waals surface area contributed by atoms with Crippen LogP contribution in [0.15, 0.2) is 30.3 Å². The fourth-order valence-corrected chi connectivity index (χ4v) is 2.02. The molecule has 19 heavy (non-hydrogen) atoms. The van der Waals surface area contributed by atoms with Gasteiger partial charge in [0, 0.05) is 29.7 Å². The molecule has 0 aliphatic heterocycles. The van der Waals surface area contributed by atoms with Gasteiger partial charge in [0.25, 0.3) is 0 Å². The van der Waals surface area contributed by atoms with E-state index in [1.807, 2.05) is 30.3 Å². The van der Waals surface area contributed by atoms with Gasteiger partial charge < -0.3 is 10.4 Å². The van der Waals surface area contributed by atoms with E-state index in [1.54, 1.807) is 0 Å². The molecule has 0 bridgehead atoms. The number of carboxylic acids is 1. The lowest BCUT2D eigenvalue weighted by Crippen LogP contribution is -2.06. The number of fused-ring (bicyclic) bond motifs is 1. The van der Waals surface area contributed by atoms with Gasteiger partial charge in [-0.05, 0) is 25.0 Å². The maximum absolute atomic E-state index is 10.5. The molecule has 1 aromatic carbocycles. The van der Waals surface area contributed by atoms with Crippen molar-refractivity contribution in [1.29, 1.82) is 0 Å². The molecule has 0 unspecified atom stereocenters. The SMILES string of the molecule is CCc1cc(NCCCC(=O)O)c2ccccc2n1. The second-order valence-electron chi connectivity index (χ2n) is 4.46. The molecule has 4 heteroatoms. The van der Waals surface area contributed by atoms with Gasteiger partial charge in [-0.3, -0.25) is 9.78 Å². The molecule has 0 aliphatic carbocycles. The van der Waals surface area contributed by atoms with E-state index in [9.17, 15) is 4.79 Å². The summed E-state index contributed by atoms with van der Waals surface area (Å²) in [5.41, 5.74) is 3.05. The van der Waals surface area contributed by atoms with Gasteiger partial charge >= 0.3 is 5.97 Å². The van der Waals surface area contributed by atoms with Crippen LogP contribution in [0.3, 0.4) is 0 Å². The zero-order valence-electron chi connectivity index (χ0n) is 11.0. The topological polar surface area (TPSA) is 62.2 Å². The van der Waals surface area contributed by atoms with Crippen molar-refractivity contribution in [2.75, 3.05) is 11.9 Å². The number of carbonyl (C=O) groups is 1. The average molecular weight is 258 g/mol. The van der Waals surface area contributed by atoms with Gasteiger partial charge in [0.2, 0.25) is 0 Å². The first kappa shape index (κ1) is 13.3. The largest absolute Gasteiger partial charge is 0.481 e. The molecule has 1 heterocycles. The number of nitrogens with zero attached hydrogens (tertiary/aromatic N) is 1. The maximum Gasteiger partial charge on any atom is 0.303 e. The zero-order chi connectivity index (χ0) is 13.7. The van der Waals surface area contributed by atoms with Crippen LogP contribution in [0.1, 0.15) is 25.5 Å². The summed E-state index contributed by atoms with van der Waals surface area (Å²) in [7, 11) is 0. The monoisotopic (exact) mass is 258 g/mol. The predicted molar refractivity (Wildman–Crippen MR) is 76.5 cm³/mol. The van der Waals surface area contributed by atoms with Gasteiger partial charge in [-0.15, -0.1) is 0 Å². The number of para-hydroxylation sites is 1. The van der Waals surface area contributed by atoms with Crippen LogP contribution in [-0.4, -0.2) is 22.6 Å². The number of benzene rings is 1. The molecule has 1 aromatic heterocycles. The molecule has 0 amide bonds. The fourth-order valence-electron chi connectivity index (χ4n) is 2.02. The summed E-state index contributed by atoms with van der Waals surface area (Å²) in [6, 6.07) is 10.0. The molecular formula is C15H18N2O2. The number of aliphatic carboxylic acids is 1. The summed E-state index contributed by atoms with van der Waals surface area (Å²) in [4.78, 5) is 15.1. The summed E-state index contributed by atoms with van der Waals surface area (Å²) in [6.07, 6.45) is 1.69. The molecule has 0 saturated heterocycles. The first-order valence-electron chi connectivity index (χ1n) is 6.55. The van der Waals surface area contributed by atoms with Crippen molar-refractivity contribution >= 4 is 22.6 Å². The molecule has 0 spiro atoms. The van der Waals surface area contributed by atoms with Crippen LogP contribution in [0.5, 0.6) is 0 Å². The summed E-state index contributed by atoms with van der Waals surface area (Å²) >= 11 is 0. The van der Waals surface area contributed by atoms with Crippen LogP contribution >= 0.6 is 0 Å². The fraction of sp³-hybridized carbons (Fsp3) is 0.333. The van der Waals surface area contributed by atoms with Gasteiger partial charge in [0.1, 0.15) is 0 Å². The van der Waals surface area contributed by atoms with E-state index >= 15 is 0 Å². The molecule has 0 aliphatic rings. The predicted octanol–water partition coefficient (Wildman–Crippen LogP) is 3.07. The van der Waals surface area contributed by atoms with Crippen molar-refractivity contribution < 1.29 is 9.90 Å². The normalized spacial score (nSPS) is 10.6.